The highest BCUT2D eigenvalue weighted by Crippen LogP contribution is 2.24. The summed E-state index contributed by atoms with van der Waals surface area (Å²) in [7, 11) is 0. The van der Waals surface area contributed by atoms with Gasteiger partial charge in [-0.05, 0) is 58.2 Å². The van der Waals surface area contributed by atoms with E-state index in [0.717, 1.165) is 12.8 Å². The predicted molar refractivity (Wildman–Crippen MR) is 82.0 cm³/mol. The van der Waals surface area contributed by atoms with Crippen LogP contribution in [0.5, 0.6) is 0 Å². The minimum atomic E-state index is -0.443. The molecule has 5 nitrogen and oxygen atoms in total. The molecule has 0 radical (unpaired) electrons. The second-order valence-corrected chi connectivity index (χ2v) is 6.68. The van der Waals surface area contributed by atoms with Crippen LogP contribution in [0.3, 0.4) is 0 Å². The van der Waals surface area contributed by atoms with Crippen LogP contribution in [-0.2, 0) is 4.74 Å². The topological polar surface area (TPSA) is 63.2 Å². The third-order valence-electron chi connectivity index (χ3n) is 3.55. The highest BCUT2D eigenvalue weighted by molar-refractivity contribution is 5.68. The zero-order chi connectivity index (χ0) is 15.5. The molecule has 1 fully saturated rings. The smallest absolute Gasteiger partial charge is 0.407 e. The molecule has 0 saturated heterocycles. The van der Waals surface area contributed by atoms with Crippen molar-refractivity contribution in [1.29, 1.82) is 0 Å². The number of nitrogens with one attached hydrogen (secondary N) is 2. The fourth-order valence-electron chi connectivity index (χ4n) is 2.45. The van der Waals surface area contributed by atoms with E-state index in [1.54, 1.807) is 12.4 Å². The lowest BCUT2D eigenvalue weighted by Crippen LogP contribution is -2.53. The Labute approximate surface area is 126 Å². The molecule has 0 aliphatic heterocycles. The highest BCUT2D eigenvalue weighted by atomic mass is 16.6. The van der Waals surface area contributed by atoms with Crippen molar-refractivity contribution in [3.63, 3.8) is 0 Å². The Morgan fingerprint density at radius 2 is 1.90 bits per heavy atom. The second-order valence-electron chi connectivity index (χ2n) is 6.68. The van der Waals surface area contributed by atoms with Gasteiger partial charge in [-0.2, -0.15) is 0 Å². The number of ether oxygens (including phenoxy) is 1. The van der Waals surface area contributed by atoms with Crippen molar-refractivity contribution in [1.82, 2.24) is 15.6 Å². The molecule has 1 aliphatic rings. The van der Waals surface area contributed by atoms with Crippen LogP contribution in [0, 0.1) is 0 Å². The van der Waals surface area contributed by atoms with Crippen molar-refractivity contribution < 1.29 is 9.53 Å². The standard InChI is InChI=1S/C16H25N3O2/c1-11(12-5-7-17-8-6-12)18-13-9-14(10-13)19-15(20)21-16(2,3)4/h5-8,11,13-14,18H,9-10H2,1-4H3,(H,19,20)/t11-,13?,14?/m1/s1. The van der Waals surface area contributed by atoms with Crippen LogP contribution in [0.25, 0.3) is 0 Å². The maximum absolute atomic E-state index is 11.7. The monoisotopic (exact) mass is 291 g/mol. The van der Waals surface area contributed by atoms with Crippen LogP contribution in [0.2, 0.25) is 0 Å². The van der Waals surface area contributed by atoms with E-state index < -0.39 is 5.60 Å². The van der Waals surface area contributed by atoms with Gasteiger partial charge in [-0.25, -0.2) is 4.79 Å². The molecule has 1 atom stereocenters. The molecular formula is C16H25N3O2. The molecule has 2 N–H and O–H groups in total. The van der Waals surface area contributed by atoms with E-state index in [0.29, 0.717) is 12.1 Å². The molecule has 1 aromatic rings. The van der Waals surface area contributed by atoms with Gasteiger partial charge in [-0.15, -0.1) is 0 Å². The van der Waals surface area contributed by atoms with E-state index in [2.05, 4.69) is 22.5 Å². The Kier molecular flexibility index (Phi) is 4.83. The first-order valence-electron chi connectivity index (χ1n) is 7.49. The van der Waals surface area contributed by atoms with Crippen LogP contribution in [0.4, 0.5) is 4.79 Å². The average Bonchev–Trinajstić information content (AvgIpc) is 2.35. The Morgan fingerprint density at radius 3 is 2.48 bits per heavy atom. The molecule has 1 saturated carbocycles. The summed E-state index contributed by atoms with van der Waals surface area (Å²) in [4.78, 5) is 15.7. The van der Waals surface area contributed by atoms with Gasteiger partial charge in [0.05, 0.1) is 0 Å². The molecule has 1 aromatic heterocycles. The van der Waals surface area contributed by atoms with Gasteiger partial charge in [0, 0.05) is 30.5 Å². The molecule has 0 bridgehead atoms. The summed E-state index contributed by atoms with van der Waals surface area (Å²) in [6.07, 6.45) is 5.17. The molecule has 1 aliphatic carbocycles. The Bertz CT molecular complexity index is 464. The average molecular weight is 291 g/mol. The van der Waals surface area contributed by atoms with Gasteiger partial charge in [-0.3, -0.25) is 4.98 Å². The summed E-state index contributed by atoms with van der Waals surface area (Å²) >= 11 is 0. The fourth-order valence-corrected chi connectivity index (χ4v) is 2.45. The molecule has 0 spiro atoms. The molecule has 1 heterocycles. The highest BCUT2D eigenvalue weighted by Gasteiger charge is 2.32. The minimum absolute atomic E-state index is 0.210. The predicted octanol–water partition coefficient (Wildman–Crippen LogP) is 2.79. The summed E-state index contributed by atoms with van der Waals surface area (Å²) in [6, 6.07) is 4.98. The first-order valence-corrected chi connectivity index (χ1v) is 7.49. The number of nitrogens with zero attached hydrogens (tertiary/aromatic N) is 1. The lowest BCUT2D eigenvalue weighted by molar-refractivity contribution is 0.0463. The van der Waals surface area contributed by atoms with Gasteiger partial charge in [0.25, 0.3) is 0 Å². The van der Waals surface area contributed by atoms with Crippen molar-refractivity contribution in [3.05, 3.63) is 30.1 Å². The number of aromatic nitrogens is 1. The van der Waals surface area contributed by atoms with Crippen molar-refractivity contribution >= 4 is 6.09 Å². The Balaban J connectivity index is 1.69. The van der Waals surface area contributed by atoms with E-state index in [-0.39, 0.29) is 12.1 Å². The zero-order valence-corrected chi connectivity index (χ0v) is 13.2. The first-order chi connectivity index (χ1) is 9.83. The zero-order valence-electron chi connectivity index (χ0n) is 13.2. The number of amides is 1. The molecule has 2 rings (SSSR count). The molecule has 5 heteroatoms. The maximum Gasteiger partial charge on any atom is 0.407 e. The van der Waals surface area contributed by atoms with Gasteiger partial charge >= 0.3 is 6.09 Å². The number of alkyl carbamates (subject to hydrolysis) is 1. The fraction of sp³-hybridized carbons (Fsp3) is 0.625. The van der Waals surface area contributed by atoms with Crippen molar-refractivity contribution in [2.45, 2.75) is 64.3 Å². The number of pyridine rings is 1. The van der Waals surface area contributed by atoms with Crippen LogP contribution in [-0.4, -0.2) is 28.8 Å². The van der Waals surface area contributed by atoms with Crippen molar-refractivity contribution in [3.8, 4) is 0 Å². The van der Waals surface area contributed by atoms with E-state index in [1.807, 2.05) is 32.9 Å². The third kappa shape index (κ3) is 5.01. The van der Waals surface area contributed by atoms with E-state index in [9.17, 15) is 4.79 Å². The lowest BCUT2D eigenvalue weighted by Gasteiger charge is -2.38. The quantitative estimate of drug-likeness (QED) is 0.895. The molecule has 21 heavy (non-hydrogen) atoms. The van der Waals surface area contributed by atoms with Crippen LogP contribution in [0.15, 0.2) is 24.5 Å². The first kappa shape index (κ1) is 15.8. The minimum Gasteiger partial charge on any atom is -0.444 e. The third-order valence-corrected chi connectivity index (χ3v) is 3.55. The van der Waals surface area contributed by atoms with Crippen molar-refractivity contribution in [2.75, 3.05) is 0 Å². The number of hydrogen-bond donors (Lipinski definition) is 2. The molecule has 1 amide bonds. The van der Waals surface area contributed by atoms with E-state index >= 15 is 0 Å². The largest absolute Gasteiger partial charge is 0.444 e. The summed E-state index contributed by atoms with van der Waals surface area (Å²) < 4.78 is 5.25. The normalized spacial score (nSPS) is 23.0. The molecule has 0 unspecified atom stereocenters. The van der Waals surface area contributed by atoms with Crippen LogP contribution in [0.1, 0.15) is 52.1 Å². The van der Waals surface area contributed by atoms with Gasteiger partial charge in [0.1, 0.15) is 5.60 Å². The number of carbonyl (C=O) groups is 1. The number of rotatable bonds is 4. The maximum atomic E-state index is 11.7. The second kappa shape index (κ2) is 6.43. The van der Waals surface area contributed by atoms with E-state index in [4.69, 9.17) is 4.74 Å². The van der Waals surface area contributed by atoms with Gasteiger partial charge in [0.15, 0.2) is 0 Å². The van der Waals surface area contributed by atoms with Gasteiger partial charge in [-0.1, -0.05) is 0 Å². The van der Waals surface area contributed by atoms with Crippen LogP contribution >= 0.6 is 0 Å². The molecular weight excluding hydrogens is 266 g/mol. The SMILES string of the molecule is C[C@@H](NC1CC(NC(=O)OC(C)(C)C)C1)c1ccncc1. The van der Waals surface area contributed by atoms with Gasteiger partial charge in [0.2, 0.25) is 0 Å². The van der Waals surface area contributed by atoms with Gasteiger partial charge < -0.3 is 15.4 Å². The number of hydrogen-bond acceptors (Lipinski definition) is 4. The van der Waals surface area contributed by atoms with Crippen LogP contribution < -0.4 is 10.6 Å². The molecule has 116 valence electrons. The lowest BCUT2D eigenvalue weighted by atomic mass is 9.86. The Hall–Kier alpha value is -1.62. The summed E-state index contributed by atoms with van der Waals surface area (Å²) in [6.45, 7) is 7.75. The molecule has 0 aromatic carbocycles. The number of carbonyl (C=O) groups excluding carboxylic acids is 1. The summed E-state index contributed by atoms with van der Waals surface area (Å²) in [5.41, 5.74) is 0.787. The van der Waals surface area contributed by atoms with Crippen molar-refractivity contribution in [2.24, 2.45) is 0 Å². The Morgan fingerprint density at radius 1 is 1.29 bits per heavy atom. The summed E-state index contributed by atoms with van der Waals surface area (Å²) in [5.74, 6) is 0. The van der Waals surface area contributed by atoms with E-state index in [1.165, 1.54) is 5.56 Å². The summed E-state index contributed by atoms with van der Waals surface area (Å²) in [5, 5.41) is 6.47.